The first-order valence-electron chi connectivity index (χ1n) is 6.31. The first-order chi connectivity index (χ1) is 9.13. The van der Waals surface area contributed by atoms with Crippen molar-refractivity contribution in [3.8, 4) is 0 Å². The van der Waals surface area contributed by atoms with Crippen LogP contribution in [0.25, 0.3) is 0 Å². The molecular formula is C14H16BrNO3. The number of hydrogen-bond acceptors (Lipinski definition) is 3. The van der Waals surface area contributed by atoms with E-state index in [-0.39, 0.29) is 23.4 Å². The Kier molecular flexibility index (Phi) is 4.58. The Morgan fingerprint density at radius 3 is 2.79 bits per heavy atom. The van der Waals surface area contributed by atoms with Gasteiger partial charge in [0.15, 0.2) is 0 Å². The van der Waals surface area contributed by atoms with Crippen LogP contribution in [0.1, 0.15) is 18.9 Å². The fourth-order valence-electron chi connectivity index (χ4n) is 2.09. The second-order valence-corrected chi connectivity index (χ2v) is 5.61. The van der Waals surface area contributed by atoms with Crippen molar-refractivity contribution in [3.63, 3.8) is 0 Å². The molecule has 0 radical (unpaired) electrons. The van der Waals surface area contributed by atoms with Crippen molar-refractivity contribution in [3.05, 3.63) is 35.9 Å². The average molecular weight is 326 g/mol. The van der Waals surface area contributed by atoms with E-state index in [1.54, 1.807) is 0 Å². The number of hydrogen-bond donors (Lipinski definition) is 0. The zero-order valence-electron chi connectivity index (χ0n) is 10.7. The summed E-state index contributed by atoms with van der Waals surface area (Å²) in [6.07, 6.45) is 0.728. The number of rotatable bonds is 4. The molecule has 0 bridgehead atoms. The number of alkyl halides is 1. The normalized spacial score (nSPS) is 20.2. The van der Waals surface area contributed by atoms with Gasteiger partial charge in [-0.3, -0.25) is 4.79 Å². The van der Waals surface area contributed by atoms with Gasteiger partial charge in [-0.15, -0.1) is 0 Å². The Bertz CT molecular complexity index is 463. The highest BCUT2D eigenvalue weighted by Crippen LogP contribution is 2.21. The predicted molar refractivity (Wildman–Crippen MR) is 75.1 cm³/mol. The van der Waals surface area contributed by atoms with Crippen molar-refractivity contribution in [2.75, 3.05) is 6.61 Å². The number of carbonyl (C=O) groups excluding carboxylic acids is 2. The first-order valence-corrected chi connectivity index (χ1v) is 7.23. The van der Waals surface area contributed by atoms with Crippen molar-refractivity contribution < 1.29 is 14.3 Å². The lowest BCUT2D eigenvalue weighted by Crippen LogP contribution is -2.43. The Labute approximate surface area is 120 Å². The minimum Gasteiger partial charge on any atom is -0.447 e. The number of benzene rings is 1. The quantitative estimate of drug-likeness (QED) is 0.800. The van der Waals surface area contributed by atoms with Crippen LogP contribution in [0.5, 0.6) is 0 Å². The maximum Gasteiger partial charge on any atom is 0.417 e. The Morgan fingerprint density at radius 2 is 2.16 bits per heavy atom. The van der Waals surface area contributed by atoms with Gasteiger partial charge in [-0.25, -0.2) is 9.69 Å². The number of carbonyl (C=O) groups is 2. The number of amides is 2. The summed E-state index contributed by atoms with van der Waals surface area (Å²) >= 11 is 3.29. The lowest BCUT2D eigenvalue weighted by molar-refractivity contribution is -0.128. The zero-order chi connectivity index (χ0) is 13.8. The largest absolute Gasteiger partial charge is 0.447 e. The topological polar surface area (TPSA) is 46.6 Å². The molecule has 4 nitrogen and oxygen atoms in total. The molecule has 2 atom stereocenters. The van der Waals surface area contributed by atoms with Crippen molar-refractivity contribution in [1.82, 2.24) is 4.90 Å². The third-order valence-electron chi connectivity index (χ3n) is 3.14. The van der Waals surface area contributed by atoms with Crippen LogP contribution in [0.3, 0.4) is 0 Å². The standard InChI is InChI=1S/C14H16BrNO3/c1-2-12(15)13(17)16-11(9-19-14(16)18)8-10-6-4-3-5-7-10/h3-7,11-12H,2,8-9H2,1H3/t11-,12-/m1/s1. The highest BCUT2D eigenvalue weighted by molar-refractivity contribution is 9.10. The maximum atomic E-state index is 12.2. The van der Waals surface area contributed by atoms with Gasteiger partial charge in [0, 0.05) is 0 Å². The third kappa shape index (κ3) is 3.15. The van der Waals surface area contributed by atoms with Crippen molar-refractivity contribution >= 4 is 27.9 Å². The Balaban J connectivity index is 2.11. The highest BCUT2D eigenvalue weighted by atomic mass is 79.9. The summed E-state index contributed by atoms with van der Waals surface area (Å²) in [6.45, 7) is 2.16. The van der Waals surface area contributed by atoms with Crippen LogP contribution in [0, 0.1) is 0 Å². The summed E-state index contributed by atoms with van der Waals surface area (Å²) in [5.41, 5.74) is 1.09. The highest BCUT2D eigenvalue weighted by Gasteiger charge is 2.39. The molecular weight excluding hydrogens is 310 g/mol. The predicted octanol–water partition coefficient (Wildman–Crippen LogP) is 2.75. The van der Waals surface area contributed by atoms with E-state index < -0.39 is 6.09 Å². The number of halogens is 1. The molecule has 1 aliphatic heterocycles. The lowest BCUT2D eigenvalue weighted by atomic mass is 10.1. The lowest BCUT2D eigenvalue weighted by Gasteiger charge is -2.21. The molecule has 2 rings (SSSR count). The number of ether oxygens (including phenoxy) is 1. The fourth-order valence-corrected chi connectivity index (χ4v) is 2.31. The zero-order valence-corrected chi connectivity index (χ0v) is 12.3. The van der Waals surface area contributed by atoms with Crippen molar-refractivity contribution in [2.24, 2.45) is 0 Å². The van der Waals surface area contributed by atoms with Gasteiger partial charge in [0.05, 0.1) is 10.9 Å². The Morgan fingerprint density at radius 1 is 1.47 bits per heavy atom. The van der Waals surface area contributed by atoms with E-state index in [9.17, 15) is 9.59 Å². The molecule has 0 aliphatic carbocycles. The summed E-state index contributed by atoms with van der Waals surface area (Å²) in [5, 5.41) is 0. The molecule has 1 fully saturated rings. The molecule has 1 aromatic rings. The summed E-state index contributed by atoms with van der Waals surface area (Å²) in [6, 6.07) is 9.58. The Hall–Kier alpha value is -1.36. The van der Waals surface area contributed by atoms with Crippen LogP contribution < -0.4 is 0 Å². The molecule has 0 N–H and O–H groups in total. The number of nitrogens with zero attached hydrogens (tertiary/aromatic N) is 1. The van der Waals surface area contributed by atoms with Gasteiger partial charge in [0.25, 0.3) is 0 Å². The molecule has 1 saturated heterocycles. The molecule has 1 aliphatic rings. The maximum absolute atomic E-state index is 12.2. The van der Waals surface area contributed by atoms with Crippen LogP contribution >= 0.6 is 15.9 Å². The van der Waals surface area contributed by atoms with E-state index in [4.69, 9.17) is 4.74 Å². The van der Waals surface area contributed by atoms with Gasteiger partial charge in [-0.2, -0.15) is 0 Å². The fraction of sp³-hybridized carbons (Fsp3) is 0.429. The molecule has 102 valence electrons. The summed E-state index contributed by atoms with van der Waals surface area (Å²) in [5.74, 6) is -0.217. The number of imide groups is 1. The van der Waals surface area contributed by atoms with Gasteiger partial charge < -0.3 is 4.74 Å². The van der Waals surface area contributed by atoms with Crippen molar-refractivity contribution in [2.45, 2.75) is 30.6 Å². The molecule has 19 heavy (non-hydrogen) atoms. The van der Waals surface area contributed by atoms with E-state index in [2.05, 4.69) is 15.9 Å². The van der Waals surface area contributed by atoms with Crippen LogP contribution in [0.2, 0.25) is 0 Å². The minimum atomic E-state index is -0.538. The smallest absolute Gasteiger partial charge is 0.417 e. The van der Waals surface area contributed by atoms with Gasteiger partial charge in [0.2, 0.25) is 5.91 Å². The molecule has 5 heteroatoms. The second-order valence-electron chi connectivity index (χ2n) is 4.50. The second kappa shape index (κ2) is 6.19. The average Bonchev–Trinajstić information content (AvgIpc) is 2.79. The van der Waals surface area contributed by atoms with Crippen LogP contribution in [-0.2, 0) is 16.0 Å². The van der Waals surface area contributed by atoms with Crippen molar-refractivity contribution in [1.29, 1.82) is 0 Å². The van der Waals surface area contributed by atoms with Gasteiger partial charge in [-0.05, 0) is 18.4 Å². The van der Waals surface area contributed by atoms with Crippen LogP contribution in [0.4, 0.5) is 4.79 Å². The third-order valence-corrected chi connectivity index (χ3v) is 4.18. The van der Waals surface area contributed by atoms with Gasteiger partial charge in [-0.1, -0.05) is 53.2 Å². The monoisotopic (exact) mass is 325 g/mol. The SMILES string of the molecule is CC[C@@H](Br)C(=O)N1C(=O)OC[C@H]1Cc1ccccc1. The molecule has 0 spiro atoms. The summed E-state index contributed by atoms with van der Waals surface area (Å²) in [4.78, 5) is 24.8. The summed E-state index contributed by atoms with van der Waals surface area (Å²) in [7, 11) is 0. The van der Waals surface area contributed by atoms with E-state index >= 15 is 0 Å². The van der Waals surface area contributed by atoms with E-state index in [1.165, 1.54) is 4.90 Å². The molecule has 0 unspecified atom stereocenters. The molecule has 2 amide bonds. The minimum absolute atomic E-state index is 0.214. The van der Waals surface area contributed by atoms with Gasteiger partial charge >= 0.3 is 6.09 Å². The molecule has 0 aromatic heterocycles. The molecule has 1 heterocycles. The van der Waals surface area contributed by atoms with E-state index in [1.807, 2.05) is 37.3 Å². The van der Waals surface area contributed by atoms with Crippen LogP contribution in [-0.4, -0.2) is 34.4 Å². The van der Waals surface area contributed by atoms with Gasteiger partial charge in [0.1, 0.15) is 6.61 Å². The summed E-state index contributed by atoms with van der Waals surface area (Å²) < 4.78 is 5.01. The first kappa shape index (κ1) is 14.1. The van der Waals surface area contributed by atoms with E-state index in [0.29, 0.717) is 12.8 Å². The van der Waals surface area contributed by atoms with Crippen LogP contribution in [0.15, 0.2) is 30.3 Å². The van der Waals surface area contributed by atoms with E-state index in [0.717, 1.165) is 5.56 Å². The molecule has 1 aromatic carbocycles. The number of cyclic esters (lactones) is 1. The molecule has 0 saturated carbocycles.